The number of likely N-dealkylation sites (tertiary alicyclic amines) is 1. The Balaban J connectivity index is 1.93. The maximum atomic E-state index is 12.3. The van der Waals surface area contributed by atoms with Gasteiger partial charge >= 0.3 is 5.97 Å². The summed E-state index contributed by atoms with van der Waals surface area (Å²) in [5.41, 5.74) is 0. The molecule has 0 spiro atoms. The normalized spacial score (nSPS) is 16.3. The second-order valence-corrected chi connectivity index (χ2v) is 6.51. The van der Waals surface area contributed by atoms with Gasteiger partial charge in [0.25, 0.3) is 0 Å². The van der Waals surface area contributed by atoms with Crippen molar-refractivity contribution in [1.29, 1.82) is 0 Å². The molecule has 0 aliphatic carbocycles. The zero-order chi connectivity index (χ0) is 17.5. The number of methoxy groups -OCH3 is 1. The molecule has 0 bridgehead atoms. The number of hydrogen-bond acceptors (Lipinski definition) is 7. The molecule has 1 saturated heterocycles. The van der Waals surface area contributed by atoms with E-state index in [9.17, 15) is 9.59 Å². The maximum absolute atomic E-state index is 12.3. The van der Waals surface area contributed by atoms with Gasteiger partial charge in [0.1, 0.15) is 12.6 Å². The summed E-state index contributed by atoms with van der Waals surface area (Å²) in [5, 5.41) is 14.3. The molecular weight excluding hydrogens is 312 g/mol. The number of carbonyl (C=O) groups is 2. The fourth-order valence-corrected chi connectivity index (χ4v) is 2.80. The lowest BCUT2D eigenvalue weighted by Crippen LogP contribution is -2.44. The molecular formula is C15H26N6O3. The third-order valence-corrected chi connectivity index (χ3v) is 3.99. The van der Waals surface area contributed by atoms with Crippen LogP contribution in [0.15, 0.2) is 0 Å². The molecule has 0 saturated carbocycles. The second kappa shape index (κ2) is 8.72. The van der Waals surface area contributed by atoms with Crippen LogP contribution in [0, 0.1) is 5.92 Å². The van der Waals surface area contributed by atoms with E-state index in [1.165, 1.54) is 24.6 Å². The van der Waals surface area contributed by atoms with Crippen LogP contribution in [-0.2, 0) is 27.4 Å². The van der Waals surface area contributed by atoms with Gasteiger partial charge in [-0.25, -0.2) is 9.48 Å². The van der Waals surface area contributed by atoms with Crippen molar-refractivity contribution >= 4 is 11.9 Å². The number of rotatable bonds is 8. The summed E-state index contributed by atoms with van der Waals surface area (Å²) in [7, 11) is 1.32. The number of carbonyl (C=O) groups excluding carboxylic acids is 2. The average Bonchev–Trinajstić information content (AvgIpc) is 3.18. The summed E-state index contributed by atoms with van der Waals surface area (Å²) in [6, 6.07) is -0.652. The van der Waals surface area contributed by atoms with Crippen LogP contribution >= 0.6 is 0 Å². The van der Waals surface area contributed by atoms with Crippen LogP contribution < -0.4 is 5.32 Å². The Kier molecular flexibility index (Phi) is 6.65. The Morgan fingerprint density at radius 1 is 1.29 bits per heavy atom. The molecule has 134 valence electrons. The van der Waals surface area contributed by atoms with E-state index in [0.29, 0.717) is 18.8 Å². The van der Waals surface area contributed by atoms with Crippen molar-refractivity contribution in [2.75, 3.05) is 20.2 Å². The van der Waals surface area contributed by atoms with Crippen LogP contribution in [0.25, 0.3) is 0 Å². The third kappa shape index (κ3) is 5.26. The van der Waals surface area contributed by atoms with Gasteiger partial charge < -0.3 is 10.1 Å². The van der Waals surface area contributed by atoms with Crippen LogP contribution in [0.1, 0.15) is 38.9 Å². The van der Waals surface area contributed by atoms with E-state index in [-0.39, 0.29) is 18.4 Å². The first-order valence-corrected chi connectivity index (χ1v) is 8.34. The monoisotopic (exact) mass is 338 g/mol. The highest BCUT2D eigenvalue weighted by Gasteiger charge is 2.24. The summed E-state index contributed by atoms with van der Waals surface area (Å²) in [6.45, 7) is 6.64. The molecule has 2 rings (SSSR count). The molecule has 1 aliphatic heterocycles. The molecule has 1 aliphatic rings. The number of nitrogens with one attached hydrogen (secondary N) is 1. The summed E-state index contributed by atoms with van der Waals surface area (Å²) in [6.07, 6.45) is 2.88. The molecule has 1 aromatic heterocycles. The molecule has 1 atom stereocenters. The molecule has 1 aromatic rings. The van der Waals surface area contributed by atoms with Crippen molar-refractivity contribution in [1.82, 2.24) is 30.4 Å². The molecule has 0 unspecified atom stereocenters. The Hall–Kier alpha value is -2.03. The van der Waals surface area contributed by atoms with Gasteiger partial charge in [0, 0.05) is 0 Å². The van der Waals surface area contributed by atoms with Crippen molar-refractivity contribution in [3.63, 3.8) is 0 Å². The first kappa shape index (κ1) is 18.3. The fourth-order valence-electron chi connectivity index (χ4n) is 2.80. The Bertz CT molecular complexity index is 553. The van der Waals surface area contributed by atoms with Crippen molar-refractivity contribution in [2.45, 2.75) is 52.2 Å². The van der Waals surface area contributed by atoms with E-state index in [4.69, 9.17) is 4.74 Å². The Labute approximate surface area is 141 Å². The van der Waals surface area contributed by atoms with E-state index in [2.05, 4.69) is 25.7 Å². The largest absolute Gasteiger partial charge is 0.467 e. The average molecular weight is 338 g/mol. The Morgan fingerprint density at radius 3 is 2.62 bits per heavy atom. The molecule has 1 N–H and O–H groups in total. The van der Waals surface area contributed by atoms with Crippen molar-refractivity contribution in [3.8, 4) is 0 Å². The first-order chi connectivity index (χ1) is 11.5. The van der Waals surface area contributed by atoms with Crippen molar-refractivity contribution < 1.29 is 14.3 Å². The molecule has 1 amide bonds. The minimum Gasteiger partial charge on any atom is -0.467 e. The number of amides is 1. The van der Waals surface area contributed by atoms with Gasteiger partial charge in [-0.15, -0.1) is 5.10 Å². The van der Waals surface area contributed by atoms with Gasteiger partial charge in [-0.1, -0.05) is 13.8 Å². The van der Waals surface area contributed by atoms with Crippen molar-refractivity contribution in [3.05, 3.63) is 5.82 Å². The summed E-state index contributed by atoms with van der Waals surface area (Å²) < 4.78 is 6.24. The molecule has 24 heavy (non-hydrogen) atoms. The van der Waals surface area contributed by atoms with E-state index < -0.39 is 12.0 Å². The van der Waals surface area contributed by atoms with Crippen LogP contribution in [0.5, 0.6) is 0 Å². The Morgan fingerprint density at radius 2 is 2.00 bits per heavy atom. The first-order valence-electron chi connectivity index (χ1n) is 8.34. The number of tetrazole rings is 1. The highest BCUT2D eigenvalue weighted by Crippen LogP contribution is 2.11. The van der Waals surface area contributed by atoms with Crippen LogP contribution in [0.4, 0.5) is 0 Å². The zero-order valence-corrected chi connectivity index (χ0v) is 14.6. The molecule has 1 fully saturated rings. The third-order valence-electron chi connectivity index (χ3n) is 3.99. The molecule has 0 aromatic carbocycles. The predicted molar refractivity (Wildman–Crippen MR) is 85.7 cm³/mol. The van der Waals surface area contributed by atoms with Crippen LogP contribution in [-0.4, -0.2) is 63.2 Å². The summed E-state index contributed by atoms with van der Waals surface area (Å²) in [4.78, 5) is 26.3. The number of esters is 1. The number of aromatic nitrogens is 4. The topological polar surface area (TPSA) is 102 Å². The second-order valence-electron chi connectivity index (χ2n) is 6.51. The van der Waals surface area contributed by atoms with Gasteiger partial charge in [-0.05, 0) is 48.7 Å². The lowest BCUT2D eigenvalue weighted by Gasteiger charge is -2.18. The SMILES string of the molecule is COC(=O)[C@H](CC(C)C)NC(=O)Cn1nnnc1CN1CCCC1. The van der Waals surface area contributed by atoms with Crippen LogP contribution in [0.3, 0.4) is 0 Å². The smallest absolute Gasteiger partial charge is 0.328 e. The van der Waals surface area contributed by atoms with E-state index in [0.717, 1.165) is 13.1 Å². The van der Waals surface area contributed by atoms with Gasteiger partial charge in [-0.3, -0.25) is 9.69 Å². The van der Waals surface area contributed by atoms with E-state index in [1.54, 1.807) is 0 Å². The molecule has 9 heteroatoms. The van der Waals surface area contributed by atoms with E-state index in [1.807, 2.05) is 13.8 Å². The standard InChI is InChI=1S/C15H26N6O3/c1-11(2)8-12(15(23)24-3)16-14(22)10-21-13(17-18-19-21)9-20-6-4-5-7-20/h11-12H,4-10H2,1-3H3,(H,16,22)/t12-/m0/s1. The lowest BCUT2D eigenvalue weighted by atomic mass is 10.0. The minimum atomic E-state index is -0.652. The van der Waals surface area contributed by atoms with E-state index >= 15 is 0 Å². The number of hydrogen-bond donors (Lipinski definition) is 1. The van der Waals surface area contributed by atoms with Gasteiger partial charge in [0.05, 0.1) is 13.7 Å². The minimum absolute atomic E-state index is 0.0121. The predicted octanol–water partition coefficient (Wildman–Crippen LogP) is -0.0272. The molecule has 0 radical (unpaired) electrons. The molecule has 9 nitrogen and oxygen atoms in total. The number of nitrogens with zero attached hydrogens (tertiary/aromatic N) is 5. The quantitative estimate of drug-likeness (QED) is 0.664. The number of ether oxygens (including phenoxy) is 1. The van der Waals surface area contributed by atoms with Gasteiger partial charge in [0.15, 0.2) is 5.82 Å². The highest BCUT2D eigenvalue weighted by atomic mass is 16.5. The summed E-state index contributed by atoms with van der Waals surface area (Å²) >= 11 is 0. The fraction of sp³-hybridized carbons (Fsp3) is 0.800. The molecule has 2 heterocycles. The van der Waals surface area contributed by atoms with Crippen LogP contribution in [0.2, 0.25) is 0 Å². The maximum Gasteiger partial charge on any atom is 0.328 e. The zero-order valence-electron chi connectivity index (χ0n) is 14.6. The highest BCUT2D eigenvalue weighted by molar-refractivity contribution is 5.84. The van der Waals surface area contributed by atoms with Gasteiger partial charge in [-0.2, -0.15) is 0 Å². The van der Waals surface area contributed by atoms with Gasteiger partial charge in [0.2, 0.25) is 5.91 Å². The van der Waals surface area contributed by atoms with Crippen molar-refractivity contribution in [2.24, 2.45) is 5.92 Å². The summed E-state index contributed by atoms with van der Waals surface area (Å²) in [5.74, 6) is 0.172. The lowest BCUT2D eigenvalue weighted by molar-refractivity contribution is -0.145.